The number of carbonyl (C=O) groups is 2. The summed E-state index contributed by atoms with van der Waals surface area (Å²) >= 11 is 1.94. The fourth-order valence-electron chi connectivity index (χ4n) is 2.37. The predicted molar refractivity (Wildman–Crippen MR) is 99.2 cm³/mol. The molecule has 0 saturated carbocycles. The van der Waals surface area contributed by atoms with Gasteiger partial charge in [-0.3, -0.25) is 19.7 Å². The first-order valence-corrected chi connectivity index (χ1v) is 9.14. The van der Waals surface area contributed by atoms with Gasteiger partial charge in [-0.2, -0.15) is 4.99 Å². The Morgan fingerprint density at radius 3 is 2.63 bits per heavy atom. The van der Waals surface area contributed by atoms with Gasteiger partial charge in [0.25, 0.3) is 5.91 Å². The number of fused-ring (bicyclic) bond motifs is 1. The van der Waals surface area contributed by atoms with Gasteiger partial charge in [0.15, 0.2) is 4.80 Å². The second kappa shape index (κ2) is 7.68. The van der Waals surface area contributed by atoms with Crippen LogP contribution in [0.1, 0.15) is 9.67 Å². The molecule has 9 nitrogen and oxygen atoms in total. The number of hydrogen-bond acceptors (Lipinski definition) is 8. The number of benzene rings is 1. The Bertz CT molecular complexity index is 1110. The van der Waals surface area contributed by atoms with E-state index in [2.05, 4.69) is 4.99 Å². The number of nitrogens with zero attached hydrogens (tertiary/aromatic N) is 3. The number of esters is 1. The lowest BCUT2D eigenvalue weighted by atomic mass is 10.3. The second-order valence-electron chi connectivity index (χ2n) is 5.17. The number of ether oxygens (including phenoxy) is 2. The molecule has 0 unspecified atom stereocenters. The van der Waals surface area contributed by atoms with E-state index < -0.39 is 16.8 Å². The molecule has 0 bridgehead atoms. The Hall–Kier alpha value is -3.05. The SMILES string of the molecule is COC(=O)Cn1c(=NC(=O)c2ccc([N+](=O)[O-])s2)sc2cccc(OC)c21. The van der Waals surface area contributed by atoms with Gasteiger partial charge in [-0.05, 0) is 18.2 Å². The molecule has 0 radical (unpaired) electrons. The van der Waals surface area contributed by atoms with Crippen LogP contribution in [0.15, 0.2) is 35.3 Å². The predicted octanol–water partition coefficient (Wildman–Crippen LogP) is 2.60. The largest absolute Gasteiger partial charge is 0.495 e. The first-order chi connectivity index (χ1) is 12.9. The van der Waals surface area contributed by atoms with E-state index in [1.807, 2.05) is 6.07 Å². The monoisotopic (exact) mass is 407 g/mol. The molecule has 3 rings (SSSR count). The van der Waals surface area contributed by atoms with Gasteiger partial charge in [-0.1, -0.05) is 28.7 Å². The molecule has 2 aromatic heterocycles. The van der Waals surface area contributed by atoms with Crippen molar-refractivity contribution in [2.75, 3.05) is 14.2 Å². The zero-order valence-electron chi connectivity index (χ0n) is 14.2. The molecule has 0 fully saturated rings. The molecule has 1 aromatic carbocycles. The number of hydrogen-bond donors (Lipinski definition) is 0. The average molecular weight is 407 g/mol. The van der Waals surface area contributed by atoms with Crippen LogP contribution in [0.5, 0.6) is 5.75 Å². The van der Waals surface area contributed by atoms with E-state index in [0.29, 0.717) is 11.3 Å². The maximum absolute atomic E-state index is 12.5. The third-order valence-electron chi connectivity index (χ3n) is 3.58. The van der Waals surface area contributed by atoms with E-state index in [4.69, 9.17) is 9.47 Å². The molecule has 1 amide bonds. The maximum atomic E-state index is 12.5. The molecule has 3 aromatic rings. The number of aromatic nitrogens is 1. The fraction of sp³-hybridized carbons (Fsp3) is 0.188. The number of amides is 1. The van der Waals surface area contributed by atoms with Crippen molar-refractivity contribution in [2.24, 2.45) is 4.99 Å². The molecule has 0 aliphatic carbocycles. The summed E-state index contributed by atoms with van der Waals surface area (Å²) in [7, 11) is 2.77. The minimum Gasteiger partial charge on any atom is -0.495 e. The minimum absolute atomic E-state index is 0.135. The van der Waals surface area contributed by atoms with Crippen molar-refractivity contribution in [1.29, 1.82) is 0 Å². The lowest BCUT2D eigenvalue weighted by Gasteiger charge is -2.07. The molecule has 0 spiro atoms. The maximum Gasteiger partial charge on any atom is 0.325 e. The third kappa shape index (κ3) is 3.73. The molecule has 27 heavy (non-hydrogen) atoms. The number of thiazole rings is 1. The third-order valence-corrected chi connectivity index (χ3v) is 5.65. The highest BCUT2D eigenvalue weighted by molar-refractivity contribution is 7.17. The van der Waals surface area contributed by atoms with Gasteiger partial charge in [-0.25, -0.2) is 0 Å². The second-order valence-corrected chi connectivity index (χ2v) is 7.24. The van der Waals surface area contributed by atoms with Gasteiger partial charge < -0.3 is 14.0 Å². The summed E-state index contributed by atoms with van der Waals surface area (Å²) in [5.74, 6) is -0.619. The highest BCUT2D eigenvalue weighted by Crippen LogP contribution is 2.28. The quantitative estimate of drug-likeness (QED) is 0.365. The Kier molecular flexibility index (Phi) is 5.33. The number of nitro groups is 1. The van der Waals surface area contributed by atoms with Crippen LogP contribution < -0.4 is 9.54 Å². The van der Waals surface area contributed by atoms with Crippen LogP contribution in [-0.2, 0) is 16.1 Å². The molecule has 11 heteroatoms. The highest BCUT2D eigenvalue weighted by atomic mass is 32.1. The van der Waals surface area contributed by atoms with Crippen LogP contribution in [0.3, 0.4) is 0 Å². The number of rotatable bonds is 5. The minimum atomic E-state index is -0.628. The Balaban J connectivity index is 2.15. The van der Waals surface area contributed by atoms with E-state index in [0.717, 1.165) is 16.0 Å². The van der Waals surface area contributed by atoms with Crippen LogP contribution >= 0.6 is 22.7 Å². The zero-order valence-corrected chi connectivity index (χ0v) is 15.8. The first-order valence-electron chi connectivity index (χ1n) is 7.51. The van der Waals surface area contributed by atoms with Gasteiger partial charge in [0, 0.05) is 6.07 Å². The van der Waals surface area contributed by atoms with Crippen molar-refractivity contribution in [3.05, 3.63) is 50.1 Å². The van der Waals surface area contributed by atoms with E-state index >= 15 is 0 Å². The van der Waals surface area contributed by atoms with Crippen molar-refractivity contribution in [3.63, 3.8) is 0 Å². The van der Waals surface area contributed by atoms with E-state index in [-0.39, 0.29) is 21.2 Å². The molecule has 0 aliphatic heterocycles. The molecule has 0 atom stereocenters. The molecule has 140 valence electrons. The van der Waals surface area contributed by atoms with E-state index in [9.17, 15) is 19.7 Å². The Morgan fingerprint density at radius 2 is 2.00 bits per heavy atom. The summed E-state index contributed by atoms with van der Waals surface area (Å²) in [5, 5.41) is 10.7. The highest BCUT2D eigenvalue weighted by Gasteiger charge is 2.18. The lowest BCUT2D eigenvalue weighted by molar-refractivity contribution is -0.380. The summed E-state index contributed by atoms with van der Waals surface area (Å²) < 4.78 is 12.4. The van der Waals surface area contributed by atoms with Crippen molar-refractivity contribution in [3.8, 4) is 5.75 Å². The smallest absolute Gasteiger partial charge is 0.325 e. The van der Waals surface area contributed by atoms with Crippen molar-refractivity contribution < 1.29 is 24.0 Å². The fourth-order valence-corrected chi connectivity index (χ4v) is 4.12. The van der Waals surface area contributed by atoms with Gasteiger partial charge in [0.1, 0.15) is 22.7 Å². The van der Waals surface area contributed by atoms with Crippen molar-refractivity contribution >= 4 is 49.8 Å². The molecule has 0 N–H and O–H groups in total. The van der Waals surface area contributed by atoms with Crippen LogP contribution in [0.25, 0.3) is 10.2 Å². The average Bonchev–Trinajstić information content (AvgIpc) is 3.27. The Labute approximate surface area is 160 Å². The van der Waals surface area contributed by atoms with E-state index in [1.54, 1.807) is 12.1 Å². The normalized spacial score (nSPS) is 11.6. The number of methoxy groups -OCH3 is 2. The van der Waals surface area contributed by atoms with Crippen LogP contribution in [-0.4, -0.2) is 35.6 Å². The molecular weight excluding hydrogens is 394 g/mol. The lowest BCUT2D eigenvalue weighted by Crippen LogP contribution is -2.22. The molecule has 0 aliphatic rings. The van der Waals surface area contributed by atoms with E-state index in [1.165, 1.54) is 42.3 Å². The number of carbonyl (C=O) groups excluding carboxylic acids is 2. The molecular formula is C16H13N3O6S2. The molecule has 0 saturated heterocycles. The number of thiophene rings is 1. The summed E-state index contributed by atoms with van der Waals surface area (Å²) in [6.45, 7) is -0.159. The summed E-state index contributed by atoms with van der Waals surface area (Å²) in [6, 6.07) is 7.94. The summed E-state index contributed by atoms with van der Waals surface area (Å²) in [4.78, 5) is 39.0. The standard InChI is InChI=1S/C16H13N3O6S2/c1-24-9-4-3-5-10-14(9)18(8-13(20)25-2)16(27-10)17-15(21)11-6-7-12(26-11)19(22)23/h3-7H,8H2,1-2H3. The topological polar surface area (TPSA) is 113 Å². The summed E-state index contributed by atoms with van der Waals surface area (Å²) in [6.07, 6.45) is 0. The van der Waals surface area contributed by atoms with Crippen molar-refractivity contribution in [1.82, 2.24) is 4.57 Å². The Morgan fingerprint density at radius 1 is 1.22 bits per heavy atom. The number of para-hydroxylation sites is 1. The van der Waals surface area contributed by atoms with Gasteiger partial charge in [0.05, 0.1) is 23.8 Å². The van der Waals surface area contributed by atoms with Crippen LogP contribution in [0.4, 0.5) is 5.00 Å². The zero-order chi connectivity index (χ0) is 19.6. The van der Waals surface area contributed by atoms with Gasteiger partial charge in [-0.15, -0.1) is 0 Å². The van der Waals surface area contributed by atoms with Gasteiger partial charge >= 0.3 is 11.0 Å². The summed E-state index contributed by atoms with van der Waals surface area (Å²) in [5.41, 5.74) is 0.610. The van der Waals surface area contributed by atoms with Crippen LogP contribution in [0.2, 0.25) is 0 Å². The van der Waals surface area contributed by atoms with Crippen LogP contribution in [0, 0.1) is 10.1 Å². The van der Waals surface area contributed by atoms with Crippen molar-refractivity contribution in [2.45, 2.75) is 6.54 Å². The first kappa shape index (κ1) is 18.7. The molecule has 2 heterocycles. The van der Waals surface area contributed by atoms with Gasteiger partial charge in [0.2, 0.25) is 0 Å².